The molecule has 13 nitrogen and oxygen atoms in total. The van der Waals surface area contributed by atoms with Gasteiger partial charge in [0.1, 0.15) is 23.9 Å². The number of phenols is 1. The fraction of sp³-hybridized carbons (Fsp3) is 0.500. The summed E-state index contributed by atoms with van der Waals surface area (Å²) in [5.74, 6) is -4.26. The average Bonchev–Trinajstić information content (AvgIpc) is 2.78. The maximum atomic E-state index is 13.1. The second kappa shape index (κ2) is 14.5. The van der Waals surface area contributed by atoms with Gasteiger partial charge in [0.2, 0.25) is 23.6 Å². The summed E-state index contributed by atoms with van der Waals surface area (Å²) < 4.78 is 0. The number of primary amides is 1. The molecule has 0 heterocycles. The first kappa shape index (κ1) is 29.3. The topological polar surface area (TPSA) is 240 Å². The van der Waals surface area contributed by atoms with Crippen molar-refractivity contribution in [2.24, 2.45) is 17.2 Å². The highest BCUT2D eigenvalue weighted by molar-refractivity contribution is 5.95. The van der Waals surface area contributed by atoms with E-state index in [1.165, 1.54) is 19.1 Å². The molecule has 0 saturated carbocycles. The zero-order valence-corrected chi connectivity index (χ0v) is 19.5. The van der Waals surface area contributed by atoms with E-state index in [9.17, 15) is 29.1 Å². The van der Waals surface area contributed by atoms with Crippen LogP contribution in [0.2, 0.25) is 0 Å². The number of rotatable bonds is 15. The van der Waals surface area contributed by atoms with Crippen molar-refractivity contribution in [3.63, 3.8) is 0 Å². The fourth-order valence-corrected chi connectivity index (χ4v) is 3.07. The van der Waals surface area contributed by atoms with Crippen molar-refractivity contribution in [1.82, 2.24) is 16.0 Å². The molecule has 0 aliphatic heterocycles. The molecule has 0 saturated heterocycles. The Balaban J connectivity index is 3.08. The first-order chi connectivity index (χ1) is 16.4. The Bertz CT molecular complexity index is 893. The van der Waals surface area contributed by atoms with Gasteiger partial charge in [0, 0.05) is 6.42 Å². The van der Waals surface area contributed by atoms with E-state index in [-0.39, 0.29) is 18.6 Å². The van der Waals surface area contributed by atoms with Gasteiger partial charge in [-0.15, -0.1) is 0 Å². The number of hydrogen-bond acceptors (Lipinski definition) is 8. The van der Waals surface area contributed by atoms with Crippen LogP contribution in [-0.4, -0.2) is 70.5 Å². The Labute approximate surface area is 202 Å². The molecule has 4 atom stereocenters. The monoisotopic (exact) mass is 494 g/mol. The summed E-state index contributed by atoms with van der Waals surface area (Å²) in [6, 6.07) is 1.14. The van der Waals surface area contributed by atoms with E-state index in [4.69, 9.17) is 22.3 Å². The Morgan fingerprint density at radius 2 is 1.49 bits per heavy atom. The van der Waals surface area contributed by atoms with Crippen LogP contribution in [0.25, 0.3) is 0 Å². The number of carboxylic acid groups (broad SMARTS) is 1. The van der Waals surface area contributed by atoms with Crippen LogP contribution in [0, 0.1) is 0 Å². The number of benzene rings is 1. The van der Waals surface area contributed by atoms with Gasteiger partial charge in [-0.3, -0.25) is 24.0 Å². The molecule has 4 unspecified atom stereocenters. The fourth-order valence-electron chi connectivity index (χ4n) is 3.07. The molecule has 0 bridgehead atoms. The molecule has 0 aliphatic rings. The highest BCUT2D eigenvalue weighted by Crippen LogP contribution is 2.12. The summed E-state index contributed by atoms with van der Waals surface area (Å²) >= 11 is 0. The molecule has 1 aromatic carbocycles. The number of nitrogens with two attached hydrogens (primary N) is 3. The molecule has 0 spiro atoms. The number of carboxylic acids is 1. The van der Waals surface area contributed by atoms with Crippen LogP contribution in [-0.2, 0) is 30.4 Å². The molecule has 1 aromatic rings. The second-order valence-corrected chi connectivity index (χ2v) is 8.12. The lowest BCUT2D eigenvalue weighted by atomic mass is 10.0. The van der Waals surface area contributed by atoms with Crippen molar-refractivity contribution >= 4 is 29.6 Å². The van der Waals surface area contributed by atoms with Gasteiger partial charge in [-0.2, -0.15) is 0 Å². The average molecular weight is 495 g/mol. The minimum Gasteiger partial charge on any atom is -0.508 e. The molecule has 0 aliphatic carbocycles. The van der Waals surface area contributed by atoms with Gasteiger partial charge >= 0.3 is 5.97 Å². The molecular weight excluding hydrogens is 460 g/mol. The molecule has 0 aromatic heterocycles. The molecule has 13 heteroatoms. The SMILES string of the molecule is CC(NC(=O)C(CCCCN)NC(=O)C(Cc1ccc(O)cc1)NC(=O)C(N)CC(N)=O)C(=O)O. The van der Waals surface area contributed by atoms with Crippen molar-refractivity contribution in [2.75, 3.05) is 6.54 Å². The normalized spacial score (nSPS) is 14.1. The number of aliphatic carboxylic acids is 1. The van der Waals surface area contributed by atoms with Gasteiger partial charge in [0.15, 0.2) is 0 Å². The molecule has 35 heavy (non-hydrogen) atoms. The predicted molar refractivity (Wildman–Crippen MR) is 126 cm³/mol. The van der Waals surface area contributed by atoms with E-state index in [1.807, 2.05) is 0 Å². The molecule has 0 fully saturated rings. The van der Waals surface area contributed by atoms with E-state index in [0.717, 1.165) is 0 Å². The minimum absolute atomic E-state index is 0.00598. The Morgan fingerprint density at radius 3 is 2.03 bits per heavy atom. The minimum atomic E-state index is -1.29. The van der Waals surface area contributed by atoms with Gasteiger partial charge in [-0.05, 0) is 50.4 Å². The van der Waals surface area contributed by atoms with Gasteiger partial charge in [-0.1, -0.05) is 12.1 Å². The number of unbranched alkanes of at least 4 members (excludes halogenated alkanes) is 1. The van der Waals surface area contributed by atoms with E-state index < -0.39 is 60.2 Å². The molecule has 0 radical (unpaired) electrons. The number of nitrogens with one attached hydrogen (secondary N) is 3. The quantitative estimate of drug-likeness (QED) is 0.123. The van der Waals surface area contributed by atoms with Gasteiger partial charge < -0.3 is 43.4 Å². The van der Waals surface area contributed by atoms with Crippen LogP contribution < -0.4 is 33.2 Å². The third-order valence-electron chi connectivity index (χ3n) is 5.08. The van der Waals surface area contributed by atoms with Crippen molar-refractivity contribution in [1.29, 1.82) is 0 Å². The van der Waals surface area contributed by atoms with E-state index >= 15 is 0 Å². The molecule has 194 valence electrons. The summed E-state index contributed by atoms with van der Waals surface area (Å²) in [5.41, 5.74) is 16.8. The zero-order chi connectivity index (χ0) is 26.5. The predicted octanol–water partition coefficient (Wildman–Crippen LogP) is -2.17. The maximum absolute atomic E-state index is 13.1. The molecular formula is C22H34N6O7. The summed E-state index contributed by atoms with van der Waals surface area (Å²) in [6.45, 7) is 1.65. The van der Waals surface area contributed by atoms with E-state index in [1.54, 1.807) is 12.1 Å². The number of amides is 4. The van der Waals surface area contributed by atoms with Crippen LogP contribution >= 0.6 is 0 Å². The number of carbonyl (C=O) groups excluding carboxylic acids is 4. The maximum Gasteiger partial charge on any atom is 0.325 e. The highest BCUT2D eigenvalue weighted by atomic mass is 16.4. The van der Waals surface area contributed by atoms with Crippen molar-refractivity contribution in [2.45, 2.75) is 63.2 Å². The van der Waals surface area contributed by atoms with Crippen LogP contribution in [0.1, 0.15) is 38.2 Å². The summed E-state index contributed by atoms with van der Waals surface area (Å²) in [6.07, 6.45) is 0.779. The zero-order valence-electron chi connectivity index (χ0n) is 19.5. The Morgan fingerprint density at radius 1 is 0.914 bits per heavy atom. The molecule has 4 amide bonds. The van der Waals surface area contributed by atoms with Gasteiger partial charge in [0.05, 0.1) is 12.5 Å². The third kappa shape index (κ3) is 10.8. The first-order valence-corrected chi connectivity index (χ1v) is 11.1. The standard InChI is InChI=1S/C22H34N6O7/c1-12(22(34)35)26-20(32)16(4-2-3-9-23)27-21(33)17(10-13-5-7-14(29)8-6-13)28-19(31)15(24)11-18(25)30/h5-8,12,15-17,29H,2-4,9-11,23-24H2,1H3,(H2,25,30)(H,26,32)(H,27,33)(H,28,31)(H,34,35). The van der Waals surface area contributed by atoms with E-state index in [0.29, 0.717) is 24.9 Å². The molecule has 11 N–H and O–H groups in total. The van der Waals surface area contributed by atoms with Crippen LogP contribution in [0.15, 0.2) is 24.3 Å². The number of aromatic hydroxyl groups is 1. The van der Waals surface area contributed by atoms with Gasteiger partial charge in [0.25, 0.3) is 0 Å². The number of carbonyl (C=O) groups is 5. The Hall–Kier alpha value is -3.71. The lowest BCUT2D eigenvalue weighted by Crippen LogP contribution is -2.57. The van der Waals surface area contributed by atoms with Crippen molar-refractivity contribution in [3.05, 3.63) is 29.8 Å². The highest BCUT2D eigenvalue weighted by Gasteiger charge is 2.29. The van der Waals surface area contributed by atoms with Crippen LogP contribution in [0.3, 0.4) is 0 Å². The lowest BCUT2D eigenvalue weighted by Gasteiger charge is -2.25. The second-order valence-electron chi connectivity index (χ2n) is 8.12. The van der Waals surface area contributed by atoms with Crippen LogP contribution in [0.5, 0.6) is 5.75 Å². The van der Waals surface area contributed by atoms with Gasteiger partial charge in [-0.25, -0.2) is 0 Å². The third-order valence-corrected chi connectivity index (χ3v) is 5.08. The van der Waals surface area contributed by atoms with Crippen LogP contribution in [0.4, 0.5) is 0 Å². The van der Waals surface area contributed by atoms with Crippen molar-refractivity contribution in [3.8, 4) is 5.75 Å². The summed E-state index contributed by atoms with van der Waals surface area (Å²) in [4.78, 5) is 60.5. The number of hydrogen-bond donors (Lipinski definition) is 8. The van der Waals surface area contributed by atoms with Crippen molar-refractivity contribution < 1.29 is 34.2 Å². The van der Waals surface area contributed by atoms with E-state index in [2.05, 4.69) is 16.0 Å². The molecule has 1 rings (SSSR count). The number of phenolic OH excluding ortho intramolecular Hbond substituents is 1. The Kier molecular flexibility index (Phi) is 12.2. The lowest BCUT2D eigenvalue weighted by molar-refractivity contribution is -0.141. The smallest absolute Gasteiger partial charge is 0.325 e. The largest absolute Gasteiger partial charge is 0.508 e. The first-order valence-electron chi connectivity index (χ1n) is 11.1. The summed E-state index contributed by atoms with van der Waals surface area (Å²) in [5, 5.41) is 25.9. The summed E-state index contributed by atoms with van der Waals surface area (Å²) in [7, 11) is 0.